The SMILES string of the molecule is CCCCOC(Oc1ccccc1)C(=O)OCCCOc1ccccc1NC(=O)CCSCCC. The molecule has 0 saturated heterocycles. The van der Waals surface area contributed by atoms with E-state index in [2.05, 4.69) is 12.2 Å². The molecule has 1 amide bonds. The zero-order valence-electron chi connectivity index (χ0n) is 20.7. The van der Waals surface area contributed by atoms with E-state index in [4.69, 9.17) is 18.9 Å². The minimum Gasteiger partial charge on any atom is -0.491 e. The molecule has 0 aliphatic rings. The highest BCUT2D eigenvalue weighted by molar-refractivity contribution is 7.99. The van der Waals surface area contributed by atoms with Crippen molar-refractivity contribution in [2.24, 2.45) is 0 Å². The normalized spacial score (nSPS) is 11.5. The molecule has 2 aromatic rings. The van der Waals surface area contributed by atoms with E-state index in [0.717, 1.165) is 30.8 Å². The molecule has 192 valence electrons. The minimum absolute atomic E-state index is 0.0360. The van der Waals surface area contributed by atoms with Gasteiger partial charge in [-0.05, 0) is 42.9 Å². The van der Waals surface area contributed by atoms with Crippen LogP contribution in [0.5, 0.6) is 11.5 Å². The standard InChI is InChI=1S/C27H37NO6S/c1-3-5-17-33-27(34-22-12-7-6-8-13-22)26(30)32-19-11-18-31-24-15-10-9-14-23(24)28-25(29)16-21-35-20-4-2/h6-10,12-15,27H,3-5,11,16-21H2,1-2H3,(H,28,29). The summed E-state index contributed by atoms with van der Waals surface area (Å²) in [6.07, 6.45) is 2.70. The van der Waals surface area contributed by atoms with Crippen molar-refractivity contribution in [2.45, 2.75) is 52.2 Å². The minimum atomic E-state index is -1.11. The Balaban J connectivity index is 1.76. The Morgan fingerprint density at radius 1 is 0.886 bits per heavy atom. The lowest BCUT2D eigenvalue weighted by atomic mass is 10.3. The maximum Gasteiger partial charge on any atom is 0.376 e. The van der Waals surface area contributed by atoms with Crippen LogP contribution in [0.3, 0.4) is 0 Å². The topological polar surface area (TPSA) is 83.1 Å². The molecule has 1 atom stereocenters. The molecule has 7 nitrogen and oxygen atoms in total. The molecule has 1 N–H and O–H groups in total. The van der Waals surface area contributed by atoms with Crippen molar-refractivity contribution in [3.63, 3.8) is 0 Å². The van der Waals surface area contributed by atoms with Crippen LogP contribution in [-0.2, 0) is 19.1 Å². The van der Waals surface area contributed by atoms with Gasteiger partial charge in [-0.3, -0.25) is 4.79 Å². The fourth-order valence-corrected chi connectivity index (χ4v) is 3.73. The van der Waals surface area contributed by atoms with Crippen LogP contribution in [0.2, 0.25) is 0 Å². The van der Waals surface area contributed by atoms with Crippen LogP contribution in [0.1, 0.15) is 46.0 Å². The van der Waals surface area contributed by atoms with Gasteiger partial charge in [0.25, 0.3) is 6.29 Å². The Morgan fingerprint density at radius 3 is 2.43 bits per heavy atom. The average Bonchev–Trinajstić information content (AvgIpc) is 2.87. The smallest absolute Gasteiger partial charge is 0.376 e. The van der Waals surface area contributed by atoms with Crippen LogP contribution in [-0.4, -0.2) is 49.5 Å². The van der Waals surface area contributed by atoms with Crippen molar-refractivity contribution in [3.8, 4) is 11.5 Å². The number of rotatable bonds is 18. The lowest BCUT2D eigenvalue weighted by Gasteiger charge is -2.18. The van der Waals surface area contributed by atoms with Gasteiger partial charge in [-0.1, -0.05) is 50.6 Å². The summed E-state index contributed by atoms with van der Waals surface area (Å²) in [5.41, 5.74) is 0.635. The second kappa shape index (κ2) is 17.7. The monoisotopic (exact) mass is 503 g/mol. The number of ether oxygens (including phenoxy) is 4. The van der Waals surface area contributed by atoms with Crippen molar-refractivity contribution in [1.82, 2.24) is 0 Å². The van der Waals surface area contributed by atoms with E-state index < -0.39 is 12.3 Å². The van der Waals surface area contributed by atoms with Crippen LogP contribution in [0.25, 0.3) is 0 Å². The predicted molar refractivity (Wildman–Crippen MR) is 140 cm³/mol. The van der Waals surface area contributed by atoms with Gasteiger partial charge in [0.15, 0.2) is 0 Å². The van der Waals surface area contributed by atoms with Crippen molar-refractivity contribution in [3.05, 3.63) is 54.6 Å². The first-order chi connectivity index (χ1) is 17.1. The number of hydrogen-bond donors (Lipinski definition) is 1. The fraction of sp³-hybridized carbons (Fsp3) is 0.481. The van der Waals surface area contributed by atoms with E-state index >= 15 is 0 Å². The first-order valence-electron chi connectivity index (χ1n) is 12.2. The number of nitrogens with one attached hydrogen (secondary N) is 1. The summed E-state index contributed by atoms with van der Waals surface area (Å²) in [4.78, 5) is 24.7. The van der Waals surface area contributed by atoms with E-state index in [0.29, 0.717) is 43.2 Å². The number of thioether (sulfide) groups is 1. The van der Waals surface area contributed by atoms with Crippen molar-refractivity contribution < 1.29 is 28.5 Å². The van der Waals surface area contributed by atoms with E-state index in [1.165, 1.54) is 0 Å². The van der Waals surface area contributed by atoms with Gasteiger partial charge in [-0.15, -0.1) is 0 Å². The van der Waals surface area contributed by atoms with Gasteiger partial charge in [0.05, 0.1) is 25.5 Å². The van der Waals surface area contributed by atoms with Gasteiger partial charge >= 0.3 is 5.97 Å². The first-order valence-corrected chi connectivity index (χ1v) is 13.4. The van der Waals surface area contributed by atoms with E-state index in [1.54, 1.807) is 30.0 Å². The Morgan fingerprint density at radius 2 is 1.66 bits per heavy atom. The highest BCUT2D eigenvalue weighted by Gasteiger charge is 2.23. The van der Waals surface area contributed by atoms with Crippen LogP contribution in [0.4, 0.5) is 5.69 Å². The van der Waals surface area contributed by atoms with E-state index in [-0.39, 0.29) is 12.5 Å². The molecule has 0 heterocycles. The van der Waals surface area contributed by atoms with Gasteiger partial charge in [0, 0.05) is 18.6 Å². The summed E-state index contributed by atoms with van der Waals surface area (Å²) in [6.45, 7) is 5.07. The lowest BCUT2D eigenvalue weighted by molar-refractivity contribution is -0.178. The summed E-state index contributed by atoms with van der Waals surface area (Å²) in [6, 6.07) is 16.4. The second-order valence-corrected chi connectivity index (χ2v) is 8.99. The third-order valence-corrected chi connectivity index (χ3v) is 5.91. The molecule has 1 unspecified atom stereocenters. The Labute approximate surface area is 212 Å². The second-order valence-electron chi connectivity index (χ2n) is 7.76. The molecular formula is C27H37NO6S. The Hall–Kier alpha value is -2.71. The molecule has 0 aliphatic heterocycles. The Bertz CT molecular complexity index is 864. The number of carbonyl (C=O) groups excluding carboxylic acids is 2. The molecule has 0 radical (unpaired) electrons. The van der Waals surface area contributed by atoms with Gasteiger partial charge < -0.3 is 24.3 Å². The molecule has 0 bridgehead atoms. The van der Waals surface area contributed by atoms with Crippen LogP contribution in [0, 0.1) is 0 Å². The average molecular weight is 504 g/mol. The van der Waals surface area contributed by atoms with Crippen molar-refractivity contribution in [1.29, 1.82) is 0 Å². The lowest BCUT2D eigenvalue weighted by Crippen LogP contribution is -2.33. The quantitative estimate of drug-likeness (QED) is 0.159. The zero-order valence-corrected chi connectivity index (χ0v) is 21.5. The van der Waals surface area contributed by atoms with Crippen molar-refractivity contribution >= 4 is 29.3 Å². The number of hydrogen-bond acceptors (Lipinski definition) is 7. The predicted octanol–water partition coefficient (Wildman–Crippen LogP) is 5.69. The molecule has 2 rings (SSSR count). The van der Waals surface area contributed by atoms with Gasteiger partial charge in [-0.2, -0.15) is 11.8 Å². The van der Waals surface area contributed by atoms with Crippen LogP contribution in [0.15, 0.2) is 54.6 Å². The van der Waals surface area contributed by atoms with E-state index in [1.807, 2.05) is 43.3 Å². The van der Waals surface area contributed by atoms with Gasteiger partial charge in [0.1, 0.15) is 11.5 Å². The maximum atomic E-state index is 12.5. The molecule has 8 heteroatoms. The summed E-state index contributed by atoms with van der Waals surface area (Å²) >= 11 is 1.77. The number of benzene rings is 2. The summed E-state index contributed by atoms with van der Waals surface area (Å²) in [5.74, 6) is 2.37. The number of unbranched alkanes of at least 4 members (excludes halogenated alkanes) is 1. The molecule has 0 spiro atoms. The number of para-hydroxylation sites is 3. The molecule has 0 saturated carbocycles. The largest absolute Gasteiger partial charge is 0.491 e. The third-order valence-electron chi connectivity index (χ3n) is 4.72. The van der Waals surface area contributed by atoms with Crippen LogP contribution < -0.4 is 14.8 Å². The Kier molecular flexibility index (Phi) is 14.4. The molecule has 2 aromatic carbocycles. The summed E-state index contributed by atoms with van der Waals surface area (Å²) < 4.78 is 22.5. The first kappa shape index (κ1) is 28.5. The molecular weight excluding hydrogens is 466 g/mol. The summed E-state index contributed by atoms with van der Waals surface area (Å²) in [7, 11) is 0. The highest BCUT2D eigenvalue weighted by atomic mass is 32.2. The van der Waals surface area contributed by atoms with Gasteiger partial charge in [0.2, 0.25) is 5.91 Å². The number of carbonyl (C=O) groups is 2. The number of anilines is 1. The summed E-state index contributed by atoms with van der Waals surface area (Å²) in [5, 5.41) is 2.91. The maximum absolute atomic E-state index is 12.5. The number of esters is 1. The van der Waals surface area contributed by atoms with Crippen LogP contribution >= 0.6 is 11.8 Å². The molecule has 0 aliphatic carbocycles. The number of amides is 1. The molecule has 0 aromatic heterocycles. The van der Waals surface area contributed by atoms with E-state index in [9.17, 15) is 9.59 Å². The third kappa shape index (κ3) is 12.0. The highest BCUT2D eigenvalue weighted by Crippen LogP contribution is 2.24. The fourth-order valence-electron chi connectivity index (χ4n) is 2.91. The zero-order chi connectivity index (χ0) is 25.1. The molecule has 0 fully saturated rings. The van der Waals surface area contributed by atoms with Crippen molar-refractivity contribution in [2.75, 3.05) is 36.6 Å². The molecule has 35 heavy (non-hydrogen) atoms. The van der Waals surface area contributed by atoms with Gasteiger partial charge in [-0.25, -0.2) is 4.79 Å².